The van der Waals surface area contributed by atoms with Gasteiger partial charge in [0.05, 0.1) is 18.3 Å². The number of halogens is 1. The third kappa shape index (κ3) is 4.07. The maximum absolute atomic E-state index is 13.5. The van der Waals surface area contributed by atoms with Crippen LogP contribution in [-0.4, -0.2) is 41.0 Å². The van der Waals surface area contributed by atoms with E-state index < -0.39 is 23.5 Å². The van der Waals surface area contributed by atoms with Gasteiger partial charge in [-0.3, -0.25) is 9.59 Å². The molecule has 1 unspecified atom stereocenters. The molecule has 1 amide bonds. The molecule has 0 fully saturated rings. The molecule has 8 heteroatoms. The molecule has 0 spiro atoms. The number of aryl methyl sites for hydroxylation is 1. The molecule has 0 radical (unpaired) electrons. The quantitative estimate of drug-likeness (QED) is 0.426. The van der Waals surface area contributed by atoms with Crippen LogP contribution in [0.25, 0.3) is 11.0 Å². The number of benzene rings is 1. The van der Waals surface area contributed by atoms with E-state index in [9.17, 15) is 14.7 Å². The Morgan fingerprint density at radius 2 is 2.10 bits per heavy atom. The first-order valence-corrected chi connectivity index (χ1v) is 11.6. The van der Waals surface area contributed by atoms with Gasteiger partial charge in [0.15, 0.2) is 11.5 Å². The number of ether oxygens (including phenoxy) is 1. The van der Waals surface area contributed by atoms with Gasteiger partial charge in [0.25, 0.3) is 5.91 Å². The highest BCUT2D eigenvalue weighted by molar-refractivity contribution is 9.10. The summed E-state index contributed by atoms with van der Waals surface area (Å²) in [5, 5.41) is 13.4. The Kier molecular flexibility index (Phi) is 6.05. The second-order valence-electron chi connectivity index (χ2n) is 7.67. The van der Waals surface area contributed by atoms with Gasteiger partial charge >= 0.3 is 0 Å². The topological polar surface area (TPSA) is 80.0 Å². The second-order valence-corrected chi connectivity index (χ2v) is 9.54. The molecule has 4 rings (SSSR count). The number of nitrogens with zero attached hydrogens (tertiary/aromatic N) is 1. The normalized spacial score (nSPS) is 16.9. The van der Waals surface area contributed by atoms with Crippen molar-refractivity contribution in [3.8, 4) is 0 Å². The smallest absolute Gasteiger partial charge is 0.290 e. The summed E-state index contributed by atoms with van der Waals surface area (Å²) < 4.78 is 12.2. The van der Waals surface area contributed by atoms with Crippen molar-refractivity contribution in [2.45, 2.75) is 32.9 Å². The summed E-state index contributed by atoms with van der Waals surface area (Å²) >= 11 is 4.86. The van der Waals surface area contributed by atoms with Crippen LogP contribution in [0, 0.1) is 6.92 Å². The molecule has 1 atom stereocenters. The van der Waals surface area contributed by atoms with E-state index in [4.69, 9.17) is 9.15 Å². The number of aliphatic hydroxyl groups is 1. The summed E-state index contributed by atoms with van der Waals surface area (Å²) in [7, 11) is 0. The van der Waals surface area contributed by atoms with Crippen molar-refractivity contribution in [1.82, 2.24) is 4.90 Å². The van der Waals surface area contributed by atoms with Gasteiger partial charge in [-0.2, -0.15) is 0 Å². The van der Waals surface area contributed by atoms with Crippen molar-refractivity contribution < 1.29 is 23.8 Å². The Balaban J connectivity index is 1.74. The predicted octanol–water partition coefficient (Wildman–Crippen LogP) is 5.57. The van der Waals surface area contributed by atoms with Gasteiger partial charge < -0.3 is 19.2 Å². The number of carbonyl (C=O) groups is 2. The highest BCUT2D eigenvalue weighted by Crippen LogP contribution is 2.42. The first kappa shape index (κ1) is 21.8. The molecule has 1 aliphatic rings. The third-order valence-corrected chi connectivity index (χ3v) is 6.75. The number of carbonyl (C=O) groups excluding carboxylic acids is 2. The molecule has 0 saturated carbocycles. The zero-order valence-corrected chi connectivity index (χ0v) is 19.7. The fourth-order valence-electron chi connectivity index (χ4n) is 3.70. The minimum Gasteiger partial charge on any atom is -0.503 e. The maximum atomic E-state index is 13.5. The van der Waals surface area contributed by atoms with Crippen LogP contribution >= 0.6 is 27.3 Å². The molecule has 1 aromatic carbocycles. The minimum absolute atomic E-state index is 0.0113. The summed E-state index contributed by atoms with van der Waals surface area (Å²) in [5.74, 6) is -1.52. The number of ketones is 1. The van der Waals surface area contributed by atoms with Crippen LogP contribution in [0.3, 0.4) is 0 Å². The number of fused-ring (bicyclic) bond motifs is 1. The van der Waals surface area contributed by atoms with Crippen molar-refractivity contribution in [2.24, 2.45) is 0 Å². The summed E-state index contributed by atoms with van der Waals surface area (Å²) in [4.78, 5) is 28.8. The molecule has 162 valence electrons. The monoisotopic (exact) mass is 503 g/mol. The second kappa shape index (κ2) is 8.61. The van der Waals surface area contributed by atoms with Crippen LogP contribution in [0.15, 0.2) is 55.9 Å². The summed E-state index contributed by atoms with van der Waals surface area (Å²) in [6.45, 7) is 6.31. The van der Waals surface area contributed by atoms with Crippen molar-refractivity contribution >= 4 is 49.9 Å². The van der Waals surface area contributed by atoms with Crippen LogP contribution in [0.4, 0.5) is 0 Å². The van der Waals surface area contributed by atoms with Crippen LogP contribution in [0.2, 0.25) is 0 Å². The van der Waals surface area contributed by atoms with E-state index >= 15 is 0 Å². The fraction of sp³-hybridized carbons (Fsp3) is 0.304. The van der Waals surface area contributed by atoms with E-state index in [-0.39, 0.29) is 24.0 Å². The SMILES string of the molecule is Cc1ccsc1C1C(C(=O)c2cc3cc(Br)ccc3o2)=C(O)C(=O)N1CCOC(C)C. The molecule has 3 heterocycles. The van der Waals surface area contributed by atoms with Gasteiger partial charge in [-0.25, -0.2) is 0 Å². The lowest BCUT2D eigenvalue weighted by Gasteiger charge is -2.26. The highest BCUT2D eigenvalue weighted by atomic mass is 79.9. The van der Waals surface area contributed by atoms with E-state index in [0.717, 1.165) is 20.3 Å². The highest BCUT2D eigenvalue weighted by Gasteiger charge is 2.45. The standard InChI is InChI=1S/C23H22BrNO5S/c1-12(2)29-8-7-25-19(22-13(3)6-9-31-22)18(21(27)23(25)28)20(26)17-11-14-10-15(24)4-5-16(14)30-17/h4-6,9-12,19,27H,7-8H2,1-3H3. The summed E-state index contributed by atoms with van der Waals surface area (Å²) in [5.41, 5.74) is 1.55. The Labute approximate surface area is 192 Å². The number of hydrogen-bond donors (Lipinski definition) is 1. The average Bonchev–Trinajstić information content (AvgIpc) is 3.39. The van der Waals surface area contributed by atoms with E-state index in [2.05, 4.69) is 15.9 Å². The Bertz CT molecular complexity index is 1190. The molecule has 0 aliphatic carbocycles. The number of furan rings is 1. The maximum Gasteiger partial charge on any atom is 0.290 e. The van der Waals surface area contributed by atoms with Crippen molar-refractivity contribution in [2.75, 3.05) is 13.2 Å². The Hall–Kier alpha value is -2.42. The molecule has 31 heavy (non-hydrogen) atoms. The van der Waals surface area contributed by atoms with Gasteiger partial charge in [0, 0.05) is 21.3 Å². The molecular formula is C23H22BrNO5S. The van der Waals surface area contributed by atoms with E-state index in [0.29, 0.717) is 12.2 Å². The first-order valence-electron chi connectivity index (χ1n) is 9.91. The molecular weight excluding hydrogens is 482 g/mol. The lowest BCUT2D eigenvalue weighted by molar-refractivity contribution is -0.130. The van der Waals surface area contributed by atoms with Crippen LogP contribution < -0.4 is 0 Å². The van der Waals surface area contributed by atoms with E-state index in [1.54, 1.807) is 12.1 Å². The molecule has 0 saturated heterocycles. The third-order valence-electron chi connectivity index (χ3n) is 5.18. The van der Waals surface area contributed by atoms with Gasteiger partial charge in [-0.15, -0.1) is 11.3 Å². The van der Waals surface area contributed by atoms with Crippen LogP contribution in [0.5, 0.6) is 0 Å². The van der Waals surface area contributed by atoms with Crippen LogP contribution in [-0.2, 0) is 9.53 Å². The largest absolute Gasteiger partial charge is 0.503 e. The van der Waals surface area contributed by atoms with Gasteiger partial charge in [0.2, 0.25) is 5.78 Å². The average molecular weight is 504 g/mol. The van der Waals surface area contributed by atoms with Crippen molar-refractivity contribution in [1.29, 1.82) is 0 Å². The van der Waals surface area contributed by atoms with E-state index in [1.807, 2.05) is 44.4 Å². The number of thiophene rings is 1. The minimum atomic E-state index is -0.685. The number of hydrogen-bond acceptors (Lipinski definition) is 6. The van der Waals surface area contributed by atoms with Gasteiger partial charge in [-0.1, -0.05) is 15.9 Å². The van der Waals surface area contributed by atoms with Crippen molar-refractivity contribution in [3.63, 3.8) is 0 Å². The fourth-order valence-corrected chi connectivity index (χ4v) is 5.12. The van der Waals surface area contributed by atoms with E-state index in [1.165, 1.54) is 16.2 Å². The zero-order chi connectivity index (χ0) is 22.3. The first-order chi connectivity index (χ1) is 14.8. The van der Waals surface area contributed by atoms with Gasteiger partial charge in [0.1, 0.15) is 11.6 Å². The number of aliphatic hydroxyl groups excluding tert-OH is 1. The Morgan fingerprint density at radius 3 is 2.77 bits per heavy atom. The lowest BCUT2D eigenvalue weighted by atomic mass is 9.98. The number of rotatable bonds is 7. The molecule has 6 nitrogen and oxygen atoms in total. The Morgan fingerprint density at radius 1 is 1.32 bits per heavy atom. The summed E-state index contributed by atoms with van der Waals surface area (Å²) in [6, 6.07) is 8.32. The lowest BCUT2D eigenvalue weighted by Crippen LogP contribution is -2.34. The molecule has 1 N–H and O–H groups in total. The molecule has 2 aromatic heterocycles. The van der Waals surface area contributed by atoms with Crippen molar-refractivity contribution in [3.05, 3.63) is 67.7 Å². The summed E-state index contributed by atoms with van der Waals surface area (Å²) in [6.07, 6.45) is 0.0113. The van der Waals surface area contributed by atoms with Gasteiger partial charge in [-0.05, 0) is 62.0 Å². The molecule has 0 bridgehead atoms. The van der Waals surface area contributed by atoms with Crippen LogP contribution in [0.1, 0.15) is 40.9 Å². The molecule has 3 aromatic rings. The number of amides is 1. The zero-order valence-electron chi connectivity index (χ0n) is 17.3. The molecule has 1 aliphatic heterocycles. The predicted molar refractivity (Wildman–Crippen MR) is 122 cm³/mol. The number of Topliss-reactive ketones (excluding diaryl/α,β-unsaturated/α-hetero) is 1.